The van der Waals surface area contributed by atoms with Gasteiger partial charge < -0.3 is 10.1 Å². The van der Waals surface area contributed by atoms with E-state index in [4.69, 9.17) is 15.4 Å². The van der Waals surface area contributed by atoms with Gasteiger partial charge in [0.1, 0.15) is 4.21 Å². The first-order chi connectivity index (χ1) is 9.24. The second-order valence-corrected chi connectivity index (χ2v) is 8.67. The first-order valence-corrected chi connectivity index (χ1v) is 9.18. The minimum atomic E-state index is -3.72. The summed E-state index contributed by atoms with van der Waals surface area (Å²) in [6, 6.07) is 2.94. The van der Waals surface area contributed by atoms with Crippen LogP contribution < -0.4 is 5.32 Å². The highest BCUT2D eigenvalue weighted by atomic mass is 35.7. The van der Waals surface area contributed by atoms with Crippen molar-refractivity contribution in [1.29, 1.82) is 0 Å². The second kappa shape index (κ2) is 7.40. The molecule has 1 atom stereocenters. The fourth-order valence-electron chi connectivity index (χ4n) is 1.58. The van der Waals surface area contributed by atoms with Gasteiger partial charge in [-0.1, -0.05) is 13.8 Å². The number of nitrogens with one attached hydrogen (secondary N) is 1. The van der Waals surface area contributed by atoms with Crippen molar-refractivity contribution in [2.24, 2.45) is 5.92 Å². The van der Waals surface area contributed by atoms with Crippen LogP contribution in [0.15, 0.2) is 16.3 Å². The number of halogens is 1. The van der Waals surface area contributed by atoms with Gasteiger partial charge in [-0.25, -0.2) is 8.42 Å². The van der Waals surface area contributed by atoms with Crippen LogP contribution in [-0.2, 0) is 25.0 Å². The predicted molar refractivity (Wildman–Crippen MR) is 79.7 cm³/mol. The third kappa shape index (κ3) is 5.40. The van der Waals surface area contributed by atoms with Crippen LogP contribution >= 0.6 is 22.0 Å². The van der Waals surface area contributed by atoms with Crippen LogP contribution in [0.5, 0.6) is 0 Å². The van der Waals surface area contributed by atoms with E-state index in [1.807, 2.05) is 13.8 Å². The highest BCUT2D eigenvalue weighted by Crippen LogP contribution is 2.25. The van der Waals surface area contributed by atoms with Gasteiger partial charge in [0.2, 0.25) is 5.91 Å². The molecule has 0 aliphatic rings. The minimum Gasteiger partial charge on any atom is -0.383 e. The maximum atomic E-state index is 11.9. The summed E-state index contributed by atoms with van der Waals surface area (Å²) < 4.78 is 27.4. The summed E-state index contributed by atoms with van der Waals surface area (Å²) >= 11 is 1.00. The number of carbonyl (C=O) groups is 1. The normalized spacial score (nSPS) is 13.4. The molecule has 0 saturated heterocycles. The van der Waals surface area contributed by atoms with Crippen molar-refractivity contribution in [1.82, 2.24) is 5.32 Å². The molecule has 1 unspecified atom stereocenters. The van der Waals surface area contributed by atoms with E-state index >= 15 is 0 Å². The van der Waals surface area contributed by atoms with E-state index in [1.54, 1.807) is 13.2 Å². The Morgan fingerprint density at radius 2 is 2.10 bits per heavy atom. The van der Waals surface area contributed by atoms with Crippen LogP contribution in [-0.4, -0.2) is 34.1 Å². The molecule has 1 amide bonds. The number of hydrogen-bond acceptors (Lipinski definition) is 5. The van der Waals surface area contributed by atoms with Gasteiger partial charge in [0.25, 0.3) is 9.05 Å². The minimum absolute atomic E-state index is 0.0549. The van der Waals surface area contributed by atoms with Gasteiger partial charge in [-0.3, -0.25) is 4.79 Å². The summed E-state index contributed by atoms with van der Waals surface area (Å²) in [4.78, 5) is 12.6. The van der Waals surface area contributed by atoms with Crippen LogP contribution in [0.25, 0.3) is 0 Å². The molecule has 1 N–H and O–H groups in total. The fourth-order valence-corrected chi connectivity index (χ4v) is 3.70. The standard InChI is InChI=1S/C12H18ClNO4S2/c1-8(2)10(7-18-3)14-11(15)6-9-4-5-12(19-9)20(13,16)17/h4-5,8,10H,6-7H2,1-3H3,(H,14,15). The van der Waals surface area contributed by atoms with E-state index in [2.05, 4.69) is 5.32 Å². The van der Waals surface area contributed by atoms with Crippen LogP contribution in [0.2, 0.25) is 0 Å². The molecular weight excluding hydrogens is 322 g/mol. The molecule has 0 aliphatic carbocycles. The van der Waals surface area contributed by atoms with Crippen LogP contribution in [0.1, 0.15) is 18.7 Å². The average Bonchev–Trinajstić information content (AvgIpc) is 2.76. The second-order valence-electron chi connectivity index (χ2n) is 4.71. The molecule has 114 valence electrons. The number of amides is 1. The molecule has 1 aromatic rings. The van der Waals surface area contributed by atoms with Crippen molar-refractivity contribution in [3.63, 3.8) is 0 Å². The van der Waals surface area contributed by atoms with Gasteiger partial charge >= 0.3 is 0 Å². The van der Waals surface area contributed by atoms with Crippen molar-refractivity contribution >= 4 is 37.0 Å². The third-order valence-corrected chi connectivity index (χ3v) is 5.89. The molecule has 0 aromatic carbocycles. The van der Waals surface area contributed by atoms with E-state index in [0.29, 0.717) is 11.5 Å². The zero-order valence-electron chi connectivity index (χ0n) is 11.6. The van der Waals surface area contributed by atoms with Crippen LogP contribution in [0.4, 0.5) is 0 Å². The summed E-state index contributed by atoms with van der Waals surface area (Å²) in [5.41, 5.74) is 0. The summed E-state index contributed by atoms with van der Waals surface area (Å²) in [6.45, 7) is 4.43. The first-order valence-electron chi connectivity index (χ1n) is 6.05. The van der Waals surface area contributed by atoms with Gasteiger partial charge in [-0.15, -0.1) is 11.3 Å². The summed E-state index contributed by atoms with van der Waals surface area (Å²) in [6.07, 6.45) is 0.129. The van der Waals surface area contributed by atoms with Crippen LogP contribution in [0, 0.1) is 5.92 Å². The third-order valence-electron chi connectivity index (χ3n) is 2.71. The Morgan fingerprint density at radius 1 is 1.45 bits per heavy atom. The quantitative estimate of drug-likeness (QED) is 0.771. The molecule has 5 nitrogen and oxygen atoms in total. The van der Waals surface area contributed by atoms with E-state index in [-0.39, 0.29) is 28.5 Å². The molecular formula is C12H18ClNO4S2. The Bertz CT molecular complexity index is 554. The lowest BCUT2D eigenvalue weighted by Gasteiger charge is -2.21. The fraction of sp³-hybridized carbons (Fsp3) is 0.583. The average molecular weight is 340 g/mol. The Morgan fingerprint density at radius 3 is 2.55 bits per heavy atom. The topological polar surface area (TPSA) is 72.5 Å². The highest BCUT2D eigenvalue weighted by Gasteiger charge is 2.18. The molecule has 0 fully saturated rings. The van der Waals surface area contributed by atoms with Gasteiger partial charge in [0, 0.05) is 22.7 Å². The molecule has 0 spiro atoms. The lowest BCUT2D eigenvalue weighted by molar-refractivity contribution is -0.121. The zero-order chi connectivity index (χ0) is 15.3. The van der Waals surface area contributed by atoms with Gasteiger partial charge in [0.05, 0.1) is 19.1 Å². The molecule has 20 heavy (non-hydrogen) atoms. The van der Waals surface area contributed by atoms with Crippen LogP contribution in [0.3, 0.4) is 0 Å². The Hall–Kier alpha value is -0.630. The molecule has 8 heteroatoms. The molecule has 1 heterocycles. The van der Waals surface area contributed by atoms with Gasteiger partial charge in [-0.05, 0) is 18.1 Å². The maximum Gasteiger partial charge on any atom is 0.270 e. The molecule has 0 saturated carbocycles. The SMILES string of the molecule is COCC(NC(=O)Cc1ccc(S(=O)(=O)Cl)s1)C(C)C. The van der Waals surface area contributed by atoms with Crippen molar-refractivity contribution in [3.05, 3.63) is 17.0 Å². The maximum absolute atomic E-state index is 11.9. The lowest BCUT2D eigenvalue weighted by atomic mass is 10.1. The zero-order valence-corrected chi connectivity index (χ0v) is 13.9. The van der Waals surface area contributed by atoms with Gasteiger partial charge in [-0.2, -0.15) is 0 Å². The molecule has 0 radical (unpaired) electrons. The van der Waals surface area contributed by atoms with E-state index in [9.17, 15) is 13.2 Å². The summed E-state index contributed by atoms with van der Waals surface area (Å²) in [7, 11) is 3.10. The van der Waals surface area contributed by atoms with Crippen molar-refractivity contribution in [2.75, 3.05) is 13.7 Å². The van der Waals surface area contributed by atoms with Crippen molar-refractivity contribution in [3.8, 4) is 0 Å². The monoisotopic (exact) mass is 339 g/mol. The highest BCUT2D eigenvalue weighted by molar-refractivity contribution is 8.15. The number of ether oxygens (including phenoxy) is 1. The summed E-state index contributed by atoms with van der Waals surface area (Å²) in [5.74, 6) is 0.0853. The number of hydrogen-bond donors (Lipinski definition) is 1. The Labute approximate surface area is 127 Å². The number of methoxy groups -OCH3 is 1. The Kier molecular flexibility index (Phi) is 6.44. The lowest BCUT2D eigenvalue weighted by Crippen LogP contribution is -2.42. The Balaban J connectivity index is 2.64. The van der Waals surface area contributed by atoms with E-state index < -0.39 is 9.05 Å². The number of rotatable bonds is 7. The van der Waals surface area contributed by atoms with Gasteiger partial charge in [0.15, 0.2) is 0 Å². The van der Waals surface area contributed by atoms with E-state index in [1.165, 1.54) is 6.07 Å². The smallest absolute Gasteiger partial charge is 0.270 e. The van der Waals surface area contributed by atoms with Crippen molar-refractivity contribution in [2.45, 2.75) is 30.5 Å². The molecule has 0 bridgehead atoms. The molecule has 1 aromatic heterocycles. The molecule has 0 aliphatic heterocycles. The van der Waals surface area contributed by atoms with E-state index in [0.717, 1.165) is 11.3 Å². The predicted octanol–water partition coefficient (Wildman–Crippen LogP) is 2.01. The number of thiophene rings is 1. The number of carbonyl (C=O) groups excluding carboxylic acids is 1. The summed E-state index contributed by atoms with van der Waals surface area (Å²) in [5, 5.41) is 2.87. The first kappa shape index (κ1) is 17.4. The van der Waals surface area contributed by atoms with Crippen molar-refractivity contribution < 1.29 is 17.9 Å². The molecule has 1 rings (SSSR count). The largest absolute Gasteiger partial charge is 0.383 e.